The van der Waals surface area contributed by atoms with Crippen molar-refractivity contribution >= 4 is 29.0 Å². The van der Waals surface area contributed by atoms with Gasteiger partial charge in [-0.2, -0.15) is 0 Å². The lowest BCUT2D eigenvalue weighted by molar-refractivity contribution is -0.383. The Morgan fingerprint density at radius 2 is 2.04 bits per heavy atom. The number of benzene rings is 1. The number of hydrogen-bond acceptors (Lipinski definition) is 8. The van der Waals surface area contributed by atoms with E-state index in [0.717, 1.165) is 6.42 Å². The van der Waals surface area contributed by atoms with Gasteiger partial charge in [0.05, 0.1) is 23.3 Å². The van der Waals surface area contributed by atoms with Crippen LogP contribution in [0.3, 0.4) is 0 Å². The fraction of sp³-hybridized carbons (Fsp3) is 0.389. The van der Waals surface area contributed by atoms with Gasteiger partial charge in [-0.1, -0.05) is 26.0 Å². The molecule has 1 N–H and O–H groups in total. The molecule has 2 rings (SSSR count). The minimum Gasteiger partial charge on any atom is -0.465 e. The summed E-state index contributed by atoms with van der Waals surface area (Å²) in [5, 5.41) is 14.7. The molecule has 2 aromatic rings. The number of anilines is 3. The summed E-state index contributed by atoms with van der Waals surface area (Å²) in [6.07, 6.45) is 2.11. The maximum atomic E-state index is 12.0. The SMILES string of the molecule is COC(=O)c1ccccc1N(C)c1ncnc(NCCC(C)C)c1[N+](=O)[O-]. The van der Waals surface area contributed by atoms with Gasteiger partial charge in [0.15, 0.2) is 0 Å². The first-order valence-corrected chi connectivity index (χ1v) is 8.51. The van der Waals surface area contributed by atoms with Crippen LogP contribution in [0.15, 0.2) is 30.6 Å². The second-order valence-electron chi connectivity index (χ2n) is 6.33. The lowest BCUT2D eigenvalue weighted by Gasteiger charge is -2.21. The van der Waals surface area contributed by atoms with Crippen molar-refractivity contribution in [1.82, 2.24) is 9.97 Å². The lowest BCUT2D eigenvalue weighted by atomic mass is 10.1. The summed E-state index contributed by atoms with van der Waals surface area (Å²) >= 11 is 0. The predicted octanol–water partition coefficient (Wildman–Crippen LogP) is 3.40. The van der Waals surface area contributed by atoms with E-state index in [4.69, 9.17) is 4.74 Å². The molecule has 27 heavy (non-hydrogen) atoms. The van der Waals surface area contributed by atoms with Gasteiger partial charge in [0.1, 0.15) is 6.33 Å². The number of nitrogens with zero attached hydrogens (tertiary/aromatic N) is 4. The Bertz CT molecular complexity index is 825. The van der Waals surface area contributed by atoms with Crippen molar-refractivity contribution in [3.8, 4) is 0 Å². The van der Waals surface area contributed by atoms with Gasteiger partial charge in [-0.25, -0.2) is 14.8 Å². The van der Waals surface area contributed by atoms with Crippen molar-refractivity contribution in [1.29, 1.82) is 0 Å². The van der Waals surface area contributed by atoms with E-state index < -0.39 is 10.9 Å². The van der Waals surface area contributed by atoms with E-state index >= 15 is 0 Å². The van der Waals surface area contributed by atoms with Crippen molar-refractivity contribution in [2.24, 2.45) is 5.92 Å². The molecule has 0 fully saturated rings. The molecule has 0 saturated heterocycles. The number of para-hydroxylation sites is 1. The highest BCUT2D eigenvalue weighted by Crippen LogP contribution is 2.36. The molecule has 0 unspecified atom stereocenters. The van der Waals surface area contributed by atoms with Gasteiger partial charge in [0, 0.05) is 13.6 Å². The smallest absolute Gasteiger partial charge is 0.353 e. The number of esters is 1. The van der Waals surface area contributed by atoms with E-state index in [2.05, 4.69) is 29.1 Å². The average molecular weight is 373 g/mol. The van der Waals surface area contributed by atoms with E-state index in [1.54, 1.807) is 31.3 Å². The Hall–Kier alpha value is -3.23. The van der Waals surface area contributed by atoms with E-state index in [0.29, 0.717) is 18.2 Å². The molecule has 0 bridgehead atoms. The van der Waals surface area contributed by atoms with Crippen LogP contribution in [0.5, 0.6) is 0 Å². The molecule has 0 amide bonds. The molecule has 0 aliphatic carbocycles. The Balaban J connectivity index is 2.46. The second kappa shape index (κ2) is 8.93. The topological polar surface area (TPSA) is 110 Å². The first-order chi connectivity index (χ1) is 12.9. The molecule has 9 nitrogen and oxygen atoms in total. The highest BCUT2D eigenvalue weighted by Gasteiger charge is 2.28. The first kappa shape index (κ1) is 20.1. The van der Waals surface area contributed by atoms with Crippen LogP contribution in [0.4, 0.5) is 23.0 Å². The van der Waals surface area contributed by atoms with Crippen LogP contribution >= 0.6 is 0 Å². The molecular formula is C18H23N5O4. The zero-order valence-electron chi connectivity index (χ0n) is 15.8. The highest BCUT2D eigenvalue weighted by atomic mass is 16.6. The number of nitro groups is 1. The third-order valence-corrected chi connectivity index (χ3v) is 3.99. The number of hydrogen-bond donors (Lipinski definition) is 1. The van der Waals surface area contributed by atoms with Crippen LogP contribution in [-0.2, 0) is 4.74 Å². The van der Waals surface area contributed by atoms with Gasteiger partial charge in [-0.3, -0.25) is 10.1 Å². The van der Waals surface area contributed by atoms with Crippen LogP contribution in [-0.4, -0.2) is 41.6 Å². The molecular weight excluding hydrogens is 350 g/mol. The van der Waals surface area contributed by atoms with Crippen LogP contribution in [0.25, 0.3) is 0 Å². The van der Waals surface area contributed by atoms with Crippen molar-refractivity contribution in [3.05, 3.63) is 46.3 Å². The molecule has 0 atom stereocenters. The quantitative estimate of drug-likeness (QED) is 0.426. The highest BCUT2D eigenvalue weighted by molar-refractivity contribution is 5.97. The maximum absolute atomic E-state index is 12.0. The van der Waals surface area contributed by atoms with Crippen LogP contribution in [0.1, 0.15) is 30.6 Å². The summed E-state index contributed by atoms with van der Waals surface area (Å²) in [6.45, 7) is 4.69. The average Bonchev–Trinajstić information content (AvgIpc) is 2.66. The van der Waals surface area contributed by atoms with E-state index in [9.17, 15) is 14.9 Å². The minimum absolute atomic E-state index is 0.0819. The van der Waals surface area contributed by atoms with Crippen LogP contribution in [0.2, 0.25) is 0 Å². The van der Waals surface area contributed by atoms with E-state index in [1.165, 1.54) is 18.3 Å². The molecule has 1 heterocycles. The Morgan fingerprint density at radius 1 is 1.33 bits per heavy atom. The van der Waals surface area contributed by atoms with Gasteiger partial charge in [0.25, 0.3) is 0 Å². The Kier molecular flexibility index (Phi) is 6.64. The fourth-order valence-corrected chi connectivity index (χ4v) is 2.55. The zero-order valence-corrected chi connectivity index (χ0v) is 15.8. The molecule has 144 valence electrons. The fourth-order valence-electron chi connectivity index (χ4n) is 2.55. The van der Waals surface area contributed by atoms with Crippen molar-refractivity contribution in [2.45, 2.75) is 20.3 Å². The summed E-state index contributed by atoms with van der Waals surface area (Å²) in [5.41, 5.74) is 0.479. The number of carbonyl (C=O) groups is 1. The Morgan fingerprint density at radius 3 is 2.67 bits per heavy atom. The first-order valence-electron chi connectivity index (χ1n) is 8.51. The molecule has 1 aromatic carbocycles. The van der Waals surface area contributed by atoms with Crippen LogP contribution < -0.4 is 10.2 Å². The molecule has 0 aliphatic heterocycles. The monoisotopic (exact) mass is 373 g/mol. The number of ether oxygens (including phenoxy) is 1. The van der Waals surface area contributed by atoms with Gasteiger partial charge < -0.3 is 15.0 Å². The standard InChI is InChI=1S/C18H23N5O4/c1-12(2)9-10-19-16-15(23(25)26)17(21-11-20-16)22(3)14-8-6-5-7-13(14)18(24)27-4/h5-8,11-12H,9-10H2,1-4H3,(H,19,20,21). The van der Waals surface area contributed by atoms with Crippen LogP contribution in [0, 0.1) is 16.0 Å². The number of carbonyl (C=O) groups excluding carboxylic acids is 1. The number of aromatic nitrogens is 2. The third-order valence-electron chi connectivity index (χ3n) is 3.99. The molecule has 0 aliphatic rings. The summed E-state index contributed by atoms with van der Waals surface area (Å²) in [4.78, 5) is 32.8. The zero-order chi connectivity index (χ0) is 20.0. The second-order valence-corrected chi connectivity index (χ2v) is 6.33. The van der Waals surface area contributed by atoms with Gasteiger partial charge >= 0.3 is 11.7 Å². The summed E-state index contributed by atoms with van der Waals surface area (Å²) in [5.74, 6) is 0.142. The molecule has 9 heteroatoms. The summed E-state index contributed by atoms with van der Waals surface area (Å²) < 4.78 is 4.80. The minimum atomic E-state index is -0.538. The molecule has 1 aromatic heterocycles. The molecule has 0 saturated carbocycles. The summed E-state index contributed by atoms with van der Waals surface area (Å²) in [6, 6.07) is 6.68. The number of nitrogens with one attached hydrogen (secondary N) is 1. The predicted molar refractivity (Wildman–Crippen MR) is 102 cm³/mol. The van der Waals surface area contributed by atoms with E-state index in [-0.39, 0.29) is 22.9 Å². The van der Waals surface area contributed by atoms with Gasteiger partial charge in [-0.15, -0.1) is 0 Å². The van der Waals surface area contributed by atoms with Gasteiger partial charge in [0.2, 0.25) is 11.6 Å². The van der Waals surface area contributed by atoms with Crippen molar-refractivity contribution in [3.63, 3.8) is 0 Å². The maximum Gasteiger partial charge on any atom is 0.353 e. The van der Waals surface area contributed by atoms with Gasteiger partial charge in [-0.05, 0) is 24.5 Å². The summed E-state index contributed by atoms with van der Waals surface area (Å²) in [7, 11) is 2.89. The lowest BCUT2D eigenvalue weighted by Crippen LogP contribution is -2.19. The Labute approximate surface area is 157 Å². The normalized spacial score (nSPS) is 10.6. The molecule has 0 radical (unpaired) electrons. The number of methoxy groups -OCH3 is 1. The number of rotatable bonds is 8. The van der Waals surface area contributed by atoms with Crippen molar-refractivity contribution < 1.29 is 14.5 Å². The third kappa shape index (κ3) is 4.69. The van der Waals surface area contributed by atoms with E-state index in [1.807, 2.05) is 0 Å². The molecule has 0 spiro atoms. The largest absolute Gasteiger partial charge is 0.465 e. The van der Waals surface area contributed by atoms with Crippen molar-refractivity contribution in [2.75, 3.05) is 30.9 Å².